The van der Waals surface area contributed by atoms with E-state index in [1.165, 1.54) is 22.7 Å². The summed E-state index contributed by atoms with van der Waals surface area (Å²) in [5.74, 6) is -2.82. The first-order chi connectivity index (χ1) is 16.3. The smallest absolute Gasteiger partial charge is 0.243 e. The molecule has 4 rings (SSSR count). The number of furan rings is 1. The van der Waals surface area contributed by atoms with Gasteiger partial charge < -0.3 is 8.98 Å². The molecule has 180 valence electrons. The molecule has 0 N–H and O–H groups in total. The van der Waals surface area contributed by atoms with Crippen LogP contribution in [0.2, 0.25) is 0 Å². The van der Waals surface area contributed by atoms with E-state index in [4.69, 9.17) is 4.42 Å². The predicted octanol–water partition coefficient (Wildman–Crippen LogP) is 5.42. The Morgan fingerprint density at radius 3 is 2.47 bits per heavy atom. The number of halogens is 3. The molecule has 34 heavy (non-hydrogen) atoms. The average molecular weight is 510 g/mol. The standard InChI is InChI=1S/C23H22F3N3O3S2/c1-3-28(4-2)34(30,31)16-7-10-21-20(12-16)27-23(29(21)13-15-6-5-11-32-15)33-14-17-18(24)8-9-19(25)22(17)26/h5-12H,3-4,13-14H2,1-2H3. The number of rotatable bonds is 9. The molecule has 0 aliphatic heterocycles. The second-order valence-electron chi connectivity index (χ2n) is 7.41. The summed E-state index contributed by atoms with van der Waals surface area (Å²) in [5, 5.41) is 0.381. The molecule has 6 nitrogen and oxygen atoms in total. The van der Waals surface area contributed by atoms with Gasteiger partial charge in [0.1, 0.15) is 11.6 Å². The average Bonchev–Trinajstić information content (AvgIpc) is 3.45. The maximum atomic E-state index is 14.2. The van der Waals surface area contributed by atoms with Crippen molar-refractivity contribution in [1.82, 2.24) is 13.9 Å². The Labute approximate surface area is 199 Å². The summed E-state index contributed by atoms with van der Waals surface area (Å²) in [6.45, 7) is 4.45. The minimum absolute atomic E-state index is 0.102. The van der Waals surface area contributed by atoms with Gasteiger partial charge in [0.15, 0.2) is 16.8 Å². The van der Waals surface area contributed by atoms with Gasteiger partial charge in [-0.25, -0.2) is 26.6 Å². The molecule has 0 bridgehead atoms. The third kappa shape index (κ3) is 4.59. The van der Waals surface area contributed by atoms with Crippen molar-refractivity contribution in [2.24, 2.45) is 0 Å². The maximum Gasteiger partial charge on any atom is 0.243 e. The summed E-state index contributed by atoms with van der Waals surface area (Å²) in [6.07, 6.45) is 1.52. The molecule has 0 saturated carbocycles. The lowest BCUT2D eigenvalue weighted by Gasteiger charge is -2.18. The van der Waals surface area contributed by atoms with Gasteiger partial charge in [-0.2, -0.15) is 4.31 Å². The van der Waals surface area contributed by atoms with Crippen molar-refractivity contribution in [2.45, 2.75) is 36.2 Å². The van der Waals surface area contributed by atoms with Gasteiger partial charge >= 0.3 is 0 Å². The number of fused-ring (bicyclic) bond motifs is 1. The van der Waals surface area contributed by atoms with E-state index >= 15 is 0 Å². The highest BCUT2D eigenvalue weighted by Crippen LogP contribution is 2.31. The second-order valence-corrected chi connectivity index (χ2v) is 10.3. The summed E-state index contributed by atoms with van der Waals surface area (Å²) in [6, 6.07) is 9.76. The Morgan fingerprint density at radius 1 is 1.06 bits per heavy atom. The third-order valence-electron chi connectivity index (χ3n) is 5.41. The van der Waals surface area contributed by atoms with E-state index in [1.807, 2.05) is 0 Å². The Balaban J connectivity index is 1.76. The minimum atomic E-state index is -3.70. The molecule has 0 aliphatic carbocycles. The molecule has 0 spiro atoms. The van der Waals surface area contributed by atoms with Gasteiger partial charge in [0, 0.05) is 24.4 Å². The van der Waals surface area contributed by atoms with Crippen molar-refractivity contribution in [2.75, 3.05) is 13.1 Å². The first-order valence-electron chi connectivity index (χ1n) is 10.5. The van der Waals surface area contributed by atoms with Gasteiger partial charge in [-0.1, -0.05) is 25.6 Å². The number of benzene rings is 2. The highest BCUT2D eigenvalue weighted by Gasteiger charge is 2.24. The normalized spacial score (nSPS) is 12.2. The van der Waals surface area contributed by atoms with Crippen molar-refractivity contribution in [3.8, 4) is 0 Å². The summed E-state index contributed by atoms with van der Waals surface area (Å²) in [5.41, 5.74) is 0.631. The first kappa shape index (κ1) is 24.4. The van der Waals surface area contributed by atoms with Crippen molar-refractivity contribution < 1.29 is 26.0 Å². The molecule has 2 heterocycles. The third-order valence-corrected chi connectivity index (χ3v) is 8.46. The molecular formula is C23H22F3N3O3S2. The number of hydrogen-bond donors (Lipinski definition) is 0. The lowest BCUT2D eigenvalue weighted by atomic mass is 10.2. The number of thioether (sulfide) groups is 1. The van der Waals surface area contributed by atoms with Gasteiger partial charge in [0.2, 0.25) is 10.0 Å². The Bertz CT molecular complexity index is 1420. The van der Waals surface area contributed by atoms with Crippen LogP contribution in [0.5, 0.6) is 0 Å². The monoisotopic (exact) mass is 509 g/mol. The summed E-state index contributed by atoms with van der Waals surface area (Å²) >= 11 is 1.02. The van der Waals surface area contributed by atoms with Crippen LogP contribution in [0, 0.1) is 17.5 Å². The van der Waals surface area contributed by atoms with E-state index in [1.54, 1.807) is 36.6 Å². The lowest BCUT2D eigenvalue weighted by Crippen LogP contribution is -2.30. The first-order valence-corrected chi connectivity index (χ1v) is 13.0. The number of hydrogen-bond acceptors (Lipinski definition) is 5. The molecule has 11 heteroatoms. The fourth-order valence-corrected chi connectivity index (χ4v) is 6.12. The van der Waals surface area contributed by atoms with Crippen LogP contribution < -0.4 is 0 Å². The number of nitrogens with zero attached hydrogens (tertiary/aromatic N) is 3. The zero-order chi connectivity index (χ0) is 24.5. The van der Waals surface area contributed by atoms with Crippen molar-refractivity contribution in [3.63, 3.8) is 0 Å². The molecule has 2 aromatic heterocycles. The largest absolute Gasteiger partial charge is 0.467 e. The van der Waals surface area contributed by atoms with E-state index in [2.05, 4.69) is 4.98 Å². The molecule has 0 radical (unpaired) electrons. The lowest BCUT2D eigenvalue weighted by molar-refractivity contribution is 0.445. The molecule has 0 saturated heterocycles. The Hall–Kier alpha value is -2.76. The van der Waals surface area contributed by atoms with Gasteiger partial charge in [0.25, 0.3) is 0 Å². The van der Waals surface area contributed by atoms with Crippen molar-refractivity contribution in [1.29, 1.82) is 0 Å². The highest BCUT2D eigenvalue weighted by molar-refractivity contribution is 7.98. The van der Waals surface area contributed by atoms with Gasteiger partial charge in [-0.15, -0.1) is 0 Å². The van der Waals surface area contributed by atoms with E-state index < -0.39 is 33.0 Å². The molecule has 0 atom stereocenters. The zero-order valence-electron chi connectivity index (χ0n) is 18.5. The topological polar surface area (TPSA) is 68.3 Å². The molecule has 0 unspecified atom stereocenters. The van der Waals surface area contributed by atoms with Crippen LogP contribution in [0.15, 0.2) is 63.2 Å². The minimum Gasteiger partial charge on any atom is -0.467 e. The molecule has 0 fully saturated rings. The van der Waals surface area contributed by atoms with Gasteiger partial charge in [-0.3, -0.25) is 0 Å². The van der Waals surface area contributed by atoms with Crippen LogP contribution in [0.25, 0.3) is 11.0 Å². The quantitative estimate of drug-likeness (QED) is 0.223. The van der Waals surface area contributed by atoms with Crippen LogP contribution in [0.3, 0.4) is 0 Å². The van der Waals surface area contributed by atoms with E-state index in [-0.39, 0.29) is 17.2 Å². The predicted molar refractivity (Wildman–Crippen MR) is 124 cm³/mol. The van der Waals surface area contributed by atoms with Gasteiger partial charge in [0.05, 0.1) is 28.7 Å². The SMILES string of the molecule is CCN(CC)S(=O)(=O)c1ccc2c(c1)nc(SCc1c(F)ccc(F)c1F)n2Cc1ccco1. The maximum absolute atomic E-state index is 14.2. The summed E-state index contributed by atoms with van der Waals surface area (Å²) in [4.78, 5) is 4.64. The van der Waals surface area contributed by atoms with Gasteiger partial charge in [-0.05, 0) is 42.5 Å². The molecule has 4 aromatic rings. The second kappa shape index (κ2) is 9.85. The fourth-order valence-electron chi connectivity index (χ4n) is 3.62. The van der Waals surface area contributed by atoms with Crippen molar-refractivity contribution >= 4 is 32.8 Å². The number of sulfonamides is 1. The van der Waals surface area contributed by atoms with E-state index in [0.29, 0.717) is 35.0 Å². The van der Waals surface area contributed by atoms with Crippen molar-refractivity contribution in [3.05, 3.63) is 77.5 Å². The molecule has 0 aliphatic rings. The summed E-state index contributed by atoms with van der Waals surface area (Å²) in [7, 11) is -3.70. The Kier molecular flexibility index (Phi) is 7.06. The van der Waals surface area contributed by atoms with E-state index in [0.717, 1.165) is 23.9 Å². The van der Waals surface area contributed by atoms with Crippen LogP contribution in [0.1, 0.15) is 25.2 Å². The fraction of sp³-hybridized carbons (Fsp3) is 0.261. The number of imidazole rings is 1. The van der Waals surface area contributed by atoms with Crippen LogP contribution >= 0.6 is 11.8 Å². The van der Waals surface area contributed by atoms with Crippen LogP contribution in [-0.4, -0.2) is 35.4 Å². The Morgan fingerprint density at radius 2 is 1.79 bits per heavy atom. The van der Waals surface area contributed by atoms with Crippen LogP contribution in [0.4, 0.5) is 13.2 Å². The zero-order valence-corrected chi connectivity index (χ0v) is 20.1. The highest BCUT2D eigenvalue weighted by atomic mass is 32.2. The van der Waals surface area contributed by atoms with E-state index in [9.17, 15) is 21.6 Å². The molecular weight excluding hydrogens is 487 g/mol. The molecule has 0 amide bonds. The van der Waals surface area contributed by atoms with Crippen LogP contribution in [-0.2, 0) is 22.3 Å². The number of aromatic nitrogens is 2. The summed E-state index contributed by atoms with van der Waals surface area (Å²) < 4.78 is 76.4. The molecule has 2 aromatic carbocycles.